The normalized spacial score (nSPS) is 12.3. The van der Waals surface area contributed by atoms with Crippen molar-refractivity contribution in [3.63, 3.8) is 0 Å². The Hall–Kier alpha value is -1.88. The summed E-state index contributed by atoms with van der Waals surface area (Å²) in [5.41, 5.74) is 7.28. The SMILES string of the molecule is Cc1c(P)c(C)c(-c2cccc([Si](C)(C)C)c2O)c(C)c1-c1cccc([Si](C)(C)C)c1O. The van der Waals surface area contributed by atoms with Crippen molar-refractivity contribution in [2.75, 3.05) is 0 Å². The van der Waals surface area contributed by atoms with E-state index in [1.807, 2.05) is 12.1 Å². The first kappa shape index (κ1) is 24.8. The summed E-state index contributed by atoms with van der Waals surface area (Å²) >= 11 is 0. The average Bonchev–Trinajstić information content (AvgIpc) is 2.67. The monoisotopic (exact) mass is 480 g/mol. The van der Waals surface area contributed by atoms with Crippen LogP contribution >= 0.6 is 9.24 Å². The zero-order valence-corrected chi connectivity index (χ0v) is 24.1. The Balaban J connectivity index is 2.42. The number of hydrogen-bond acceptors (Lipinski definition) is 2. The van der Waals surface area contributed by atoms with Gasteiger partial charge < -0.3 is 10.2 Å². The number of aromatic hydroxyl groups is 2. The van der Waals surface area contributed by atoms with Crippen molar-refractivity contribution in [2.24, 2.45) is 0 Å². The van der Waals surface area contributed by atoms with Crippen LogP contribution in [0, 0.1) is 20.8 Å². The molecule has 0 spiro atoms. The van der Waals surface area contributed by atoms with Crippen LogP contribution in [-0.4, -0.2) is 26.4 Å². The number of benzene rings is 3. The second-order valence-electron chi connectivity index (χ2n) is 10.9. The van der Waals surface area contributed by atoms with Gasteiger partial charge in [0.2, 0.25) is 0 Å². The molecule has 3 aromatic rings. The third kappa shape index (κ3) is 4.21. The Kier molecular flexibility index (Phi) is 6.56. The second-order valence-corrected chi connectivity index (χ2v) is 21.6. The minimum Gasteiger partial charge on any atom is -0.507 e. The predicted molar refractivity (Wildman–Crippen MR) is 150 cm³/mol. The van der Waals surface area contributed by atoms with Gasteiger partial charge in [0, 0.05) is 11.1 Å². The summed E-state index contributed by atoms with van der Waals surface area (Å²) in [5.74, 6) is 0.800. The van der Waals surface area contributed by atoms with Crippen LogP contribution < -0.4 is 15.7 Å². The summed E-state index contributed by atoms with van der Waals surface area (Å²) in [6, 6.07) is 12.3. The molecular weight excluding hydrogens is 443 g/mol. The van der Waals surface area contributed by atoms with Gasteiger partial charge >= 0.3 is 0 Å². The number of phenolic OH excluding ortho intramolecular Hbond substituents is 2. The number of para-hydroxylation sites is 2. The lowest BCUT2D eigenvalue weighted by Gasteiger charge is -2.26. The minimum absolute atomic E-state index is 0.400. The molecule has 170 valence electrons. The van der Waals surface area contributed by atoms with Gasteiger partial charge in [0.05, 0.1) is 16.1 Å². The van der Waals surface area contributed by atoms with Crippen molar-refractivity contribution in [3.8, 4) is 33.8 Å². The van der Waals surface area contributed by atoms with Gasteiger partial charge in [0.1, 0.15) is 11.5 Å². The molecule has 5 heteroatoms. The van der Waals surface area contributed by atoms with Gasteiger partial charge in [-0.3, -0.25) is 0 Å². The lowest BCUT2D eigenvalue weighted by Crippen LogP contribution is -2.37. The van der Waals surface area contributed by atoms with Gasteiger partial charge in [0.25, 0.3) is 0 Å². The fraction of sp³-hybridized carbons (Fsp3) is 0.333. The maximum absolute atomic E-state index is 11.3. The molecule has 3 aromatic carbocycles. The van der Waals surface area contributed by atoms with E-state index in [4.69, 9.17) is 0 Å². The van der Waals surface area contributed by atoms with Crippen molar-refractivity contribution < 1.29 is 10.2 Å². The molecule has 0 bridgehead atoms. The molecule has 1 unspecified atom stereocenters. The molecule has 0 aromatic heterocycles. The van der Waals surface area contributed by atoms with E-state index in [1.165, 1.54) is 0 Å². The van der Waals surface area contributed by atoms with E-state index in [0.29, 0.717) is 11.5 Å². The van der Waals surface area contributed by atoms with E-state index in [-0.39, 0.29) is 0 Å². The van der Waals surface area contributed by atoms with Crippen molar-refractivity contribution in [1.82, 2.24) is 0 Å². The summed E-state index contributed by atoms with van der Waals surface area (Å²) in [6.45, 7) is 19.9. The lowest BCUT2D eigenvalue weighted by atomic mass is 9.85. The van der Waals surface area contributed by atoms with Crippen LogP contribution in [-0.2, 0) is 0 Å². The van der Waals surface area contributed by atoms with E-state index >= 15 is 0 Å². The molecule has 0 aliphatic carbocycles. The molecule has 32 heavy (non-hydrogen) atoms. The highest BCUT2D eigenvalue weighted by Gasteiger charge is 2.27. The topological polar surface area (TPSA) is 40.5 Å². The highest BCUT2D eigenvalue weighted by molar-refractivity contribution is 7.27. The third-order valence-electron chi connectivity index (χ3n) is 6.53. The smallest absolute Gasteiger partial charge is 0.122 e. The molecule has 1 atom stereocenters. The molecular formula is C27H37O2PSi2. The van der Waals surface area contributed by atoms with Gasteiger partial charge in [0.15, 0.2) is 0 Å². The van der Waals surface area contributed by atoms with E-state index in [1.54, 1.807) is 0 Å². The summed E-state index contributed by atoms with van der Waals surface area (Å²) in [6.07, 6.45) is 0. The van der Waals surface area contributed by atoms with Crippen LogP contribution in [0.4, 0.5) is 0 Å². The van der Waals surface area contributed by atoms with Gasteiger partial charge in [-0.1, -0.05) is 75.7 Å². The Bertz CT molecular complexity index is 1110. The molecule has 2 nitrogen and oxygen atoms in total. The lowest BCUT2D eigenvalue weighted by molar-refractivity contribution is 0.481. The predicted octanol–water partition coefficient (Wildman–Crippen LogP) is 5.95. The van der Waals surface area contributed by atoms with Crippen LogP contribution in [0.3, 0.4) is 0 Å². The van der Waals surface area contributed by atoms with E-state index < -0.39 is 16.1 Å². The number of rotatable bonds is 4. The zero-order valence-electron chi connectivity index (χ0n) is 20.9. The molecule has 0 heterocycles. The first-order valence-electron chi connectivity index (χ1n) is 11.2. The Morgan fingerprint density at radius 1 is 0.594 bits per heavy atom. The summed E-state index contributed by atoms with van der Waals surface area (Å²) < 4.78 is 0. The highest BCUT2D eigenvalue weighted by atomic mass is 31.0. The van der Waals surface area contributed by atoms with Gasteiger partial charge in [-0.15, -0.1) is 9.24 Å². The zero-order chi connectivity index (χ0) is 24.2. The van der Waals surface area contributed by atoms with E-state index in [9.17, 15) is 10.2 Å². The third-order valence-corrected chi connectivity index (χ3v) is 11.4. The molecule has 3 rings (SSSR count). The Morgan fingerprint density at radius 2 is 0.938 bits per heavy atom. The van der Waals surface area contributed by atoms with Crippen LogP contribution in [0.5, 0.6) is 11.5 Å². The summed E-state index contributed by atoms with van der Waals surface area (Å²) in [5, 5.41) is 25.9. The van der Waals surface area contributed by atoms with Crippen molar-refractivity contribution >= 4 is 41.1 Å². The molecule has 0 saturated heterocycles. The number of hydrogen-bond donors (Lipinski definition) is 2. The molecule has 0 aliphatic rings. The van der Waals surface area contributed by atoms with E-state index in [0.717, 1.165) is 54.6 Å². The first-order valence-corrected chi connectivity index (χ1v) is 18.8. The Labute approximate surface area is 198 Å². The van der Waals surface area contributed by atoms with Gasteiger partial charge in [-0.2, -0.15) is 0 Å². The minimum atomic E-state index is -1.71. The standard InChI is InChI=1S/C27H37O2PSi2/c1-16-23(19-12-10-14-21(25(19)28)31(4,5)6)17(2)27(30)18(3)24(16)20-13-11-15-22(26(20)29)32(7,8)9/h10-15,28-29H,30H2,1-9H3. The van der Waals surface area contributed by atoms with E-state index in [2.05, 4.69) is 93.6 Å². The van der Waals surface area contributed by atoms with Crippen LogP contribution in [0.2, 0.25) is 39.3 Å². The van der Waals surface area contributed by atoms with Crippen molar-refractivity contribution in [2.45, 2.75) is 60.1 Å². The quantitative estimate of drug-likeness (QED) is 0.358. The fourth-order valence-corrected chi connectivity index (χ4v) is 7.92. The highest BCUT2D eigenvalue weighted by Crippen LogP contribution is 2.42. The summed E-state index contributed by atoms with van der Waals surface area (Å²) in [7, 11) is -0.518. The first-order chi connectivity index (χ1) is 14.7. The molecule has 0 radical (unpaired) electrons. The fourth-order valence-electron chi connectivity index (χ4n) is 4.75. The summed E-state index contributed by atoms with van der Waals surface area (Å²) in [4.78, 5) is 0. The average molecular weight is 481 g/mol. The van der Waals surface area contributed by atoms with Crippen LogP contribution in [0.25, 0.3) is 22.3 Å². The Morgan fingerprint density at radius 3 is 1.25 bits per heavy atom. The molecule has 0 fully saturated rings. The van der Waals surface area contributed by atoms with Gasteiger partial charge in [-0.25, -0.2) is 0 Å². The van der Waals surface area contributed by atoms with Crippen molar-refractivity contribution in [3.05, 3.63) is 53.1 Å². The van der Waals surface area contributed by atoms with Crippen LogP contribution in [0.15, 0.2) is 36.4 Å². The second kappa shape index (κ2) is 8.48. The number of phenols is 2. The van der Waals surface area contributed by atoms with Gasteiger partial charge in [-0.05, 0) is 64.3 Å². The maximum Gasteiger partial charge on any atom is 0.122 e. The molecule has 0 saturated carbocycles. The molecule has 0 aliphatic heterocycles. The molecule has 2 N–H and O–H groups in total. The van der Waals surface area contributed by atoms with Crippen molar-refractivity contribution in [1.29, 1.82) is 0 Å². The van der Waals surface area contributed by atoms with Crippen LogP contribution in [0.1, 0.15) is 16.7 Å². The largest absolute Gasteiger partial charge is 0.507 e. The molecule has 0 amide bonds. The maximum atomic E-state index is 11.3.